The van der Waals surface area contributed by atoms with Crippen molar-refractivity contribution in [3.8, 4) is 11.1 Å². The molecule has 0 radical (unpaired) electrons. The lowest BCUT2D eigenvalue weighted by Crippen LogP contribution is -2.99. The predicted octanol–water partition coefficient (Wildman–Crippen LogP) is 2.32. The number of nitrogens with one attached hydrogen (secondary N) is 1. The Hall–Kier alpha value is -2.14. The summed E-state index contributed by atoms with van der Waals surface area (Å²) < 4.78 is 2.05. The summed E-state index contributed by atoms with van der Waals surface area (Å²) in [6.45, 7) is 2.05. The zero-order valence-electron chi connectivity index (χ0n) is 10.5. The Kier molecular flexibility index (Phi) is 2.83. The van der Waals surface area contributed by atoms with Crippen molar-refractivity contribution < 1.29 is 10.4 Å². The van der Waals surface area contributed by atoms with Crippen LogP contribution >= 0.6 is 0 Å². The highest BCUT2D eigenvalue weighted by molar-refractivity contribution is 5.71. The predicted molar refractivity (Wildman–Crippen MR) is 73.3 cm³/mol. The molecular weight excluding hydrogens is 240 g/mol. The smallest absolute Gasteiger partial charge is 0.164 e. The molecule has 3 aromatic rings. The number of hydrogen-bond acceptors (Lipinski definition) is 2. The Morgan fingerprint density at radius 3 is 2.68 bits per heavy atom. The molecule has 2 heterocycles. The molecule has 1 unspecified atom stereocenters. The largest absolute Gasteiger partial charge is 0.595 e. The number of fused-ring (bicyclic) bond motifs is 1. The maximum absolute atomic E-state index is 11.0. The maximum Gasteiger partial charge on any atom is 0.164 e. The van der Waals surface area contributed by atoms with Gasteiger partial charge >= 0.3 is 0 Å². The molecule has 3 rings (SSSR count). The van der Waals surface area contributed by atoms with Crippen LogP contribution in [0.15, 0.2) is 54.9 Å². The molecule has 2 aromatic heterocycles. The number of aryl methyl sites for hydroxylation is 1. The Labute approximate surface area is 110 Å². The van der Waals surface area contributed by atoms with Crippen molar-refractivity contribution in [2.24, 2.45) is 0 Å². The third-order valence-corrected chi connectivity index (χ3v) is 3.18. The lowest BCUT2D eigenvalue weighted by atomic mass is 10.1. The minimum absolute atomic E-state index is 0.309. The van der Waals surface area contributed by atoms with Crippen LogP contribution in [0.4, 0.5) is 5.69 Å². The molecule has 1 atom stereocenters. The summed E-state index contributed by atoms with van der Waals surface area (Å²) in [6, 6.07) is 13.2. The van der Waals surface area contributed by atoms with Gasteiger partial charge in [0.2, 0.25) is 0 Å². The van der Waals surface area contributed by atoms with Gasteiger partial charge < -0.3 is 9.61 Å². The number of hydrogen-bond donors (Lipinski definition) is 2. The monoisotopic (exact) mass is 254 g/mol. The van der Waals surface area contributed by atoms with E-state index >= 15 is 0 Å². The standard InChI is InChI=1S/C15H14N2O2/c1-11-5-6-14-8-13(10-16(14)9-11)12-3-2-4-15(7-12)17(18)19/h2-10,17-18H,1H3. The van der Waals surface area contributed by atoms with Crippen LogP contribution in [-0.4, -0.2) is 9.61 Å². The van der Waals surface area contributed by atoms with Gasteiger partial charge in [-0.15, -0.1) is 0 Å². The van der Waals surface area contributed by atoms with E-state index in [1.54, 1.807) is 18.2 Å². The van der Waals surface area contributed by atoms with Crippen molar-refractivity contribution in [3.05, 3.63) is 65.6 Å². The van der Waals surface area contributed by atoms with Gasteiger partial charge in [0.15, 0.2) is 5.69 Å². The molecule has 4 nitrogen and oxygen atoms in total. The topological polar surface area (TPSA) is 52.1 Å². The Bertz CT molecular complexity index is 732. The fourth-order valence-corrected chi connectivity index (χ4v) is 2.21. The first-order valence-electron chi connectivity index (χ1n) is 6.05. The van der Waals surface area contributed by atoms with Crippen molar-refractivity contribution in [1.82, 2.24) is 4.40 Å². The molecule has 1 aromatic carbocycles. The van der Waals surface area contributed by atoms with E-state index in [4.69, 9.17) is 5.21 Å². The van der Waals surface area contributed by atoms with E-state index in [0.29, 0.717) is 5.69 Å². The highest BCUT2D eigenvalue weighted by atomic mass is 16.8. The van der Waals surface area contributed by atoms with E-state index in [1.807, 2.05) is 19.2 Å². The van der Waals surface area contributed by atoms with Crippen LogP contribution < -0.4 is 5.23 Å². The summed E-state index contributed by atoms with van der Waals surface area (Å²) in [5.41, 5.74) is 4.54. The second kappa shape index (κ2) is 4.51. The Morgan fingerprint density at radius 1 is 1.05 bits per heavy atom. The first kappa shape index (κ1) is 11.9. The quantitative estimate of drug-likeness (QED) is 0.689. The van der Waals surface area contributed by atoms with Gasteiger partial charge in [-0.2, -0.15) is 5.23 Å². The van der Waals surface area contributed by atoms with E-state index in [1.165, 1.54) is 5.56 Å². The van der Waals surface area contributed by atoms with E-state index in [9.17, 15) is 5.21 Å². The van der Waals surface area contributed by atoms with Crippen LogP contribution in [0.2, 0.25) is 0 Å². The highest BCUT2D eigenvalue weighted by Crippen LogP contribution is 2.24. The normalized spacial score (nSPS) is 12.8. The molecule has 0 saturated heterocycles. The summed E-state index contributed by atoms with van der Waals surface area (Å²) in [5, 5.41) is 19.1. The Balaban J connectivity index is 2.11. The second-order valence-corrected chi connectivity index (χ2v) is 4.65. The van der Waals surface area contributed by atoms with Crippen molar-refractivity contribution >= 4 is 11.2 Å². The molecule has 0 aliphatic carbocycles. The first-order chi connectivity index (χ1) is 9.13. The SMILES string of the molecule is Cc1ccc2cc(-c3cccc([NH+]([O-])O)c3)cn2c1. The lowest BCUT2D eigenvalue weighted by molar-refractivity contribution is -0.991. The molecule has 0 amide bonds. The maximum atomic E-state index is 11.0. The molecule has 4 heteroatoms. The van der Waals surface area contributed by atoms with Crippen molar-refractivity contribution in [3.63, 3.8) is 0 Å². The molecule has 0 aliphatic heterocycles. The number of benzene rings is 1. The number of quaternary nitrogens is 1. The van der Waals surface area contributed by atoms with Crippen LogP contribution in [-0.2, 0) is 0 Å². The third kappa shape index (κ3) is 2.24. The zero-order chi connectivity index (χ0) is 13.4. The van der Waals surface area contributed by atoms with Gasteiger partial charge in [-0.05, 0) is 30.2 Å². The fraction of sp³-hybridized carbons (Fsp3) is 0.0667. The molecule has 0 fully saturated rings. The molecule has 19 heavy (non-hydrogen) atoms. The number of rotatable bonds is 2. The van der Waals surface area contributed by atoms with Gasteiger partial charge in [0.05, 0.1) is 0 Å². The van der Waals surface area contributed by atoms with Crippen LogP contribution in [0.25, 0.3) is 16.6 Å². The van der Waals surface area contributed by atoms with Gasteiger partial charge in [-0.3, -0.25) is 0 Å². The van der Waals surface area contributed by atoms with Crippen molar-refractivity contribution in [2.45, 2.75) is 6.92 Å². The van der Waals surface area contributed by atoms with E-state index in [0.717, 1.165) is 16.6 Å². The second-order valence-electron chi connectivity index (χ2n) is 4.65. The highest BCUT2D eigenvalue weighted by Gasteiger charge is 2.06. The number of aromatic nitrogens is 1. The van der Waals surface area contributed by atoms with E-state index in [2.05, 4.69) is 28.8 Å². The molecular formula is C15H14N2O2. The molecule has 2 N–H and O–H groups in total. The Morgan fingerprint density at radius 2 is 1.89 bits per heavy atom. The summed E-state index contributed by atoms with van der Waals surface area (Å²) in [5.74, 6) is 0. The summed E-state index contributed by atoms with van der Waals surface area (Å²) in [7, 11) is 0. The molecule has 96 valence electrons. The number of nitrogens with zero attached hydrogens (tertiary/aromatic N) is 1. The van der Waals surface area contributed by atoms with E-state index in [-0.39, 0.29) is 0 Å². The summed E-state index contributed by atoms with van der Waals surface area (Å²) in [4.78, 5) is 0. The van der Waals surface area contributed by atoms with Gasteiger partial charge in [0.25, 0.3) is 0 Å². The van der Waals surface area contributed by atoms with Gasteiger partial charge in [0.1, 0.15) is 0 Å². The minimum atomic E-state index is -0.901. The molecule has 0 saturated carbocycles. The molecule has 0 spiro atoms. The third-order valence-electron chi connectivity index (χ3n) is 3.18. The fourth-order valence-electron chi connectivity index (χ4n) is 2.21. The zero-order valence-corrected chi connectivity index (χ0v) is 10.5. The lowest BCUT2D eigenvalue weighted by Gasteiger charge is -2.11. The summed E-state index contributed by atoms with van der Waals surface area (Å²) in [6.07, 6.45) is 4.07. The average molecular weight is 254 g/mol. The number of pyridine rings is 1. The average Bonchev–Trinajstić information content (AvgIpc) is 2.81. The van der Waals surface area contributed by atoms with Gasteiger partial charge in [-0.25, -0.2) is 5.21 Å². The van der Waals surface area contributed by atoms with Gasteiger partial charge in [-0.1, -0.05) is 18.2 Å². The van der Waals surface area contributed by atoms with Crippen LogP contribution in [0.3, 0.4) is 0 Å². The summed E-state index contributed by atoms with van der Waals surface area (Å²) >= 11 is 0. The van der Waals surface area contributed by atoms with Crippen LogP contribution in [0, 0.1) is 12.1 Å². The molecule has 0 bridgehead atoms. The van der Waals surface area contributed by atoms with Crippen molar-refractivity contribution in [2.75, 3.05) is 0 Å². The van der Waals surface area contributed by atoms with Crippen LogP contribution in [0.1, 0.15) is 5.56 Å². The van der Waals surface area contributed by atoms with Crippen LogP contribution in [0.5, 0.6) is 0 Å². The minimum Gasteiger partial charge on any atom is -0.595 e. The first-order valence-corrected chi connectivity index (χ1v) is 6.05. The molecule has 0 aliphatic rings. The van der Waals surface area contributed by atoms with Crippen molar-refractivity contribution in [1.29, 1.82) is 0 Å². The van der Waals surface area contributed by atoms with Gasteiger partial charge in [0, 0.05) is 35.6 Å². The van der Waals surface area contributed by atoms with E-state index < -0.39 is 5.23 Å².